The number of carbonyl (C=O) groups excluding carboxylic acids is 1. The molecule has 1 aliphatic heterocycles. The Morgan fingerprint density at radius 3 is 2.90 bits per heavy atom. The number of amides is 1. The lowest BCUT2D eigenvalue weighted by Crippen LogP contribution is -2.25. The Hall–Kier alpha value is -1.37. The van der Waals surface area contributed by atoms with Crippen LogP contribution in [-0.2, 0) is 21.2 Å². The summed E-state index contributed by atoms with van der Waals surface area (Å²) in [5.74, 6) is -0.161. The number of benzene rings is 1. The summed E-state index contributed by atoms with van der Waals surface area (Å²) in [6.45, 7) is 2.17. The number of nitrogens with one attached hydrogen (secondary N) is 2. The zero-order valence-corrected chi connectivity index (χ0v) is 12.5. The summed E-state index contributed by atoms with van der Waals surface area (Å²) in [5, 5.41) is 2.73. The van der Waals surface area contributed by atoms with E-state index in [4.69, 9.17) is 11.6 Å². The Morgan fingerprint density at radius 2 is 2.20 bits per heavy atom. The number of anilines is 1. The number of halogens is 1. The maximum Gasteiger partial charge on any atom is 0.242 e. The van der Waals surface area contributed by atoms with Gasteiger partial charge in [-0.1, -0.05) is 23.8 Å². The van der Waals surface area contributed by atoms with Gasteiger partial charge in [0, 0.05) is 12.2 Å². The topological polar surface area (TPSA) is 75.3 Å². The molecule has 1 heterocycles. The number of allylic oxidation sites excluding steroid dienone is 1. The third-order valence-electron chi connectivity index (χ3n) is 2.91. The van der Waals surface area contributed by atoms with Gasteiger partial charge in [0.15, 0.2) is 0 Å². The van der Waals surface area contributed by atoms with Crippen molar-refractivity contribution in [3.05, 3.63) is 34.9 Å². The first kappa shape index (κ1) is 15.0. The van der Waals surface area contributed by atoms with E-state index in [1.54, 1.807) is 0 Å². The van der Waals surface area contributed by atoms with Crippen molar-refractivity contribution in [2.75, 3.05) is 11.9 Å². The first-order valence-electron chi connectivity index (χ1n) is 6.17. The number of carbonyl (C=O) groups is 1. The second-order valence-electron chi connectivity index (χ2n) is 4.42. The van der Waals surface area contributed by atoms with Crippen molar-refractivity contribution in [1.82, 2.24) is 4.72 Å². The Kier molecular flexibility index (Phi) is 4.47. The highest BCUT2D eigenvalue weighted by Crippen LogP contribution is 2.32. The normalized spacial score (nSPS) is 14.6. The van der Waals surface area contributed by atoms with Crippen LogP contribution in [0.25, 0.3) is 0 Å². The van der Waals surface area contributed by atoms with Crippen LogP contribution >= 0.6 is 11.6 Å². The van der Waals surface area contributed by atoms with Gasteiger partial charge < -0.3 is 5.32 Å². The van der Waals surface area contributed by atoms with Crippen molar-refractivity contribution in [3.8, 4) is 0 Å². The van der Waals surface area contributed by atoms with Gasteiger partial charge in [-0.15, -0.1) is 0 Å². The Labute approximate surface area is 123 Å². The Morgan fingerprint density at radius 1 is 1.45 bits per heavy atom. The van der Waals surface area contributed by atoms with Gasteiger partial charge in [0.2, 0.25) is 15.9 Å². The van der Waals surface area contributed by atoms with Crippen LogP contribution < -0.4 is 10.0 Å². The van der Waals surface area contributed by atoms with Crippen LogP contribution in [-0.4, -0.2) is 20.9 Å². The first-order valence-corrected chi connectivity index (χ1v) is 8.03. The summed E-state index contributed by atoms with van der Waals surface area (Å²) in [6.07, 6.45) is 4.51. The third kappa shape index (κ3) is 3.20. The molecule has 0 aliphatic carbocycles. The second kappa shape index (κ2) is 5.95. The summed E-state index contributed by atoms with van der Waals surface area (Å²) in [7, 11) is -3.67. The molecule has 2 N–H and O–H groups in total. The van der Waals surface area contributed by atoms with E-state index in [9.17, 15) is 13.2 Å². The second-order valence-corrected chi connectivity index (χ2v) is 6.56. The van der Waals surface area contributed by atoms with Crippen LogP contribution in [0.1, 0.15) is 18.9 Å². The molecule has 0 aromatic heterocycles. The number of hydrogen-bond acceptors (Lipinski definition) is 3. The molecule has 1 aromatic carbocycles. The molecule has 0 saturated heterocycles. The van der Waals surface area contributed by atoms with Crippen LogP contribution in [0.5, 0.6) is 0 Å². The van der Waals surface area contributed by atoms with E-state index < -0.39 is 10.0 Å². The van der Waals surface area contributed by atoms with Crippen molar-refractivity contribution in [2.24, 2.45) is 0 Å². The molecule has 0 unspecified atom stereocenters. The molecule has 7 heteroatoms. The number of hydrogen-bond donors (Lipinski definition) is 2. The standard InChI is InChI=1S/C13H15ClN2O3S/c1-2-3-4-5-15-20(18,19)12-6-9-7-13(17)16-11(9)8-10(12)14/h2-3,6,8,15H,4-5,7H2,1H3,(H,16,17)/b3-2+. The molecule has 0 atom stereocenters. The van der Waals surface area contributed by atoms with E-state index in [2.05, 4.69) is 10.0 Å². The Bertz CT molecular complexity index is 668. The van der Waals surface area contributed by atoms with Gasteiger partial charge in [-0.05, 0) is 31.0 Å². The predicted octanol–water partition coefficient (Wildman–Crippen LogP) is 2.08. The van der Waals surface area contributed by atoms with E-state index in [1.807, 2.05) is 19.1 Å². The molecule has 2 rings (SSSR count). The predicted molar refractivity (Wildman–Crippen MR) is 78.4 cm³/mol. The average molecular weight is 315 g/mol. The highest BCUT2D eigenvalue weighted by atomic mass is 35.5. The molecule has 20 heavy (non-hydrogen) atoms. The van der Waals surface area contributed by atoms with E-state index in [-0.39, 0.29) is 22.2 Å². The minimum atomic E-state index is -3.67. The van der Waals surface area contributed by atoms with Crippen LogP contribution in [0, 0.1) is 0 Å². The zero-order chi connectivity index (χ0) is 14.8. The molecule has 0 bridgehead atoms. The van der Waals surface area contributed by atoms with E-state index in [1.165, 1.54) is 12.1 Å². The van der Waals surface area contributed by atoms with Crippen molar-refractivity contribution >= 4 is 33.2 Å². The highest BCUT2D eigenvalue weighted by molar-refractivity contribution is 7.89. The largest absolute Gasteiger partial charge is 0.325 e. The van der Waals surface area contributed by atoms with Crippen LogP contribution in [0.2, 0.25) is 5.02 Å². The lowest BCUT2D eigenvalue weighted by Gasteiger charge is -2.09. The van der Waals surface area contributed by atoms with E-state index in [0.717, 1.165) is 0 Å². The first-order chi connectivity index (χ1) is 9.44. The summed E-state index contributed by atoms with van der Waals surface area (Å²) >= 11 is 6.00. The van der Waals surface area contributed by atoms with Gasteiger partial charge >= 0.3 is 0 Å². The smallest absolute Gasteiger partial charge is 0.242 e. The number of sulfonamides is 1. The van der Waals surface area contributed by atoms with Gasteiger partial charge in [-0.3, -0.25) is 4.79 Å². The molecule has 0 saturated carbocycles. The van der Waals surface area contributed by atoms with Gasteiger partial charge in [0.25, 0.3) is 0 Å². The molecule has 1 aromatic rings. The summed E-state index contributed by atoms with van der Waals surface area (Å²) in [5.41, 5.74) is 1.22. The lowest BCUT2D eigenvalue weighted by atomic mass is 10.2. The summed E-state index contributed by atoms with van der Waals surface area (Å²) in [4.78, 5) is 11.3. The molecule has 108 valence electrons. The zero-order valence-electron chi connectivity index (χ0n) is 10.9. The van der Waals surface area contributed by atoms with Crippen molar-refractivity contribution < 1.29 is 13.2 Å². The van der Waals surface area contributed by atoms with Crippen molar-refractivity contribution in [2.45, 2.75) is 24.7 Å². The minimum Gasteiger partial charge on any atom is -0.325 e. The van der Waals surface area contributed by atoms with E-state index in [0.29, 0.717) is 24.2 Å². The summed E-state index contributed by atoms with van der Waals surface area (Å²) < 4.78 is 26.8. The monoisotopic (exact) mass is 314 g/mol. The summed E-state index contributed by atoms with van der Waals surface area (Å²) in [6, 6.07) is 2.93. The molecule has 5 nitrogen and oxygen atoms in total. The van der Waals surface area contributed by atoms with Crippen molar-refractivity contribution in [1.29, 1.82) is 0 Å². The molecule has 0 spiro atoms. The minimum absolute atomic E-state index is 0.00916. The maximum atomic E-state index is 12.2. The fourth-order valence-electron chi connectivity index (χ4n) is 1.95. The average Bonchev–Trinajstić information content (AvgIpc) is 2.73. The molecule has 0 radical (unpaired) electrons. The van der Waals surface area contributed by atoms with Crippen molar-refractivity contribution in [3.63, 3.8) is 0 Å². The van der Waals surface area contributed by atoms with Crippen LogP contribution in [0.15, 0.2) is 29.2 Å². The third-order valence-corrected chi connectivity index (χ3v) is 4.84. The quantitative estimate of drug-likeness (QED) is 0.645. The maximum absolute atomic E-state index is 12.2. The van der Waals surface area contributed by atoms with Gasteiger partial charge in [0.1, 0.15) is 4.90 Å². The van der Waals surface area contributed by atoms with Gasteiger partial charge in [-0.25, -0.2) is 13.1 Å². The molecule has 1 amide bonds. The number of rotatable bonds is 5. The SMILES string of the molecule is C/C=C/CCNS(=O)(=O)c1cc2c(cc1Cl)NC(=O)C2. The molecular formula is C13H15ClN2O3S. The van der Waals surface area contributed by atoms with Crippen LogP contribution in [0.3, 0.4) is 0 Å². The van der Waals surface area contributed by atoms with Crippen LogP contribution in [0.4, 0.5) is 5.69 Å². The van der Waals surface area contributed by atoms with E-state index >= 15 is 0 Å². The lowest BCUT2D eigenvalue weighted by molar-refractivity contribution is -0.115. The fraction of sp³-hybridized carbons (Fsp3) is 0.308. The number of fused-ring (bicyclic) bond motifs is 1. The van der Waals surface area contributed by atoms with Gasteiger partial charge in [-0.2, -0.15) is 0 Å². The fourth-order valence-corrected chi connectivity index (χ4v) is 3.58. The van der Waals surface area contributed by atoms with Gasteiger partial charge in [0.05, 0.1) is 11.4 Å². The molecule has 0 fully saturated rings. The molecular weight excluding hydrogens is 300 g/mol. The molecule has 1 aliphatic rings. The highest BCUT2D eigenvalue weighted by Gasteiger charge is 2.24. The Balaban J connectivity index is 2.24.